The highest BCUT2D eigenvalue weighted by molar-refractivity contribution is 6.03. The van der Waals surface area contributed by atoms with Gasteiger partial charge in [-0.3, -0.25) is 34.2 Å². The fourth-order valence-electron chi connectivity index (χ4n) is 4.34. The Bertz CT molecular complexity index is 1650. The van der Waals surface area contributed by atoms with Gasteiger partial charge in [0.25, 0.3) is 17.4 Å². The quantitative estimate of drug-likeness (QED) is 0.157. The van der Waals surface area contributed by atoms with Crippen LogP contribution in [0.3, 0.4) is 0 Å². The van der Waals surface area contributed by atoms with Crippen LogP contribution < -0.4 is 37.6 Å². The first-order chi connectivity index (χ1) is 21.8. The number of nitrogens with one attached hydrogen (secondary N) is 1. The van der Waals surface area contributed by atoms with Crippen LogP contribution in [0.1, 0.15) is 27.3 Å². The fourth-order valence-corrected chi connectivity index (χ4v) is 4.34. The van der Waals surface area contributed by atoms with Gasteiger partial charge in [0, 0.05) is 57.5 Å². The minimum absolute atomic E-state index is 0.0162. The molecule has 0 saturated carbocycles. The van der Waals surface area contributed by atoms with E-state index in [1.807, 2.05) is 0 Å². The predicted octanol–water partition coefficient (Wildman–Crippen LogP) is -0.335. The Morgan fingerprint density at radius 2 is 1.82 bits per heavy atom. The lowest BCUT2D eigenvalue weighted by atomic mass is 10.2. The van der Waals surface area contributed by atoms with Gasteiger partial charge in [0.15, 0.2) is 11.5 Å². The molecule has 0 spiro atoms. The van der Waals surface area contributed by atoms with Gasteiger partial charge in [0.05, 0.1) is 44.1 Å². The van der Waals surface area contributed by atoms with Crippen molar-refractivity contribution in [2.24, 2.45) is 11.5 Å². The van der Waals surface area contributed by atoms with Crippen LogP contribution in [0.4, 0.5) is 11.9 Å². The molecule has 45 heavy (non-hydrogen) atoms. The zero-order valence-electron chi connectivity index (χ0n) is 24.7. The second kappa shape index (κ2) is 16.0. The second-order valence-electron chi connectivity index (χ2n) is 9.57. The van der Waals surface area contributed by atoms with Crippen molar-refractivity contribution in [1.29, 1.82) is 0 Å². The number of anilines is 2. The van der Waals surface area contributed by atoms with E-state index in [-0.39, 0.29) is 47.3 Å². The number of hydrogen-bond acceptors (Lipinski definition) is 14. The third kappa shape index (κ3) is 8.65. The van der Waals surface area contributed by atoms with E-state index in [1.54, 1.807) is 12.1 Å². The Morgan fingerprint density at radius 1 is 1.07 bits per heavy atom. The predicted molar refractivity (Wildman–Crippen MR) is 164 cm³/mol. The molecule has 0 aliphatic carbocycles. The molecule has 0 radical (unpaired) electrons. The summed E-state index contributed by atoms with van der Waals surface area (Å²) >= 11 is 0. The van der Waals surface area contributed by atoms with Crippen LogP contribution in [0, 0.1) is 0 Å². The van der Waals surface area contributed by atoms with Crippen molar-refractivity contribution in [3.8, 4) is 11.5 Å². The largest absolute Gasteiger partial charge is 0.491 e. The Hall–Kier alpha value is -5.26. The number of aromatic nitrogens is 6. The van der Waals surface area contributed by atoms with E-state index in [0.29, 0.717) is 23.5 Å². The summed E-state index contributed by atoms with van der Waals surface area (Å²) in [6.45, 7) is 5.00. The van der Waals surface area contributed by atoms with Crippen molar-refractivity contribution >= 4 is 34.6 Å². The Balaban J connectivity index is 0.000000440. The molecule has 4 aromatic rings. The molecular weight excluding hydrogens is 586 g/mol. The zero-order chi connectivity index (χ0) is 32.2. The molecule has 1 aromatic carbocycles. The molecule has 2 amide bonds. The molecule has 5 rings (SSSR count). The molecular formula is C28H35N11O6. The Labute approximate surface area is 257 Å². The molecule has 238 valence electrons. The summed E-state index contributed by atoms with van der Waals surface area (Å²) in [5, 5.41) is 2.96. The number of nitrogen functional groups attached to an aromatic ring is 1. The van der Waals surface area contributed by atoms with Crippen LogP contribution in [0.2, 0.25) is 0 Å². The van der Waals surface area contributed by atoms with Crippen LogP contribution in [0.25, 0.3) is 10.9 Å². The maximum atomic E-state index is 13.3. The Morgan fingerprint density at radius 3 is 2.44 bits per heavy atom. The maximum absolute atomic E-state index is 13.3. The third-order valence-electron chi connectivity index (χ3n) is 6.56. The summed E-state index contributed by atoms with van der Waals surface area (Å²) in [6.07, 6.45) is 7.60. The van der Waals surface area contributed by atoms with E-state index in [0.717, 1.165) is 39.3 Å². The lowest BCUT2D eigenvalue weighted by Crippen LogP contribution is -2.37. The van der Waals surface area contributed by atoms with Gasteiger partial charge in [-0.25, -0.2) is 19.9 Å². The van der Waals surface area contributed by atoms with Crippen LogP contribution in [-0.4, -0.2) is 99.3 Å². The molecule has 4 heterocycles. The average Bonchev–Trinajstić information content (AvgIpc) is 3.06. The molecule has 17 nitrogen and oxygen atoms in total. The summed E-state index contributed by atoms with van der Waals surface area (Å²) in [6, 6.07) is 3.33. The Kier molecular flexibility index (Phi) is 11.6. The van der Waals surface area contributed by atoms with Crippen molar-refractivity contribution in [2.45, 2.75) is 13.0 Å². The van der Waals surface area contributed by atoms with Gasteiger partial charge in [0.2, 0.25) is 11.9 Å². The van der Waals surface area contributed by atoms with E-state index in [1.165, 1.54) is 42.7 Å². The second-order valence-corrected chi connectivity index (χ2v) is 9.57. The number of fused-ring (bicyclic) bond motifs is 1. The van der Waals surface area contributed by atoms with Gasteiger partial charge in [-0.15, -0.1) is 0 Å². The average molecular weight is 622 g/mol. The highest BCUT2D eigenvalue weighted by Crippen LogP contribution is 2.34. The van der Waals surface area contributed by atoms with E-state index < -0.39 is 11.8 Å². The monoisotopic (exact) mass is 621 g/mol. The van der Waals surface area contributed by atoms with Crippen molar-refractivity contribution in [3.63, 3.8) is 0 Å². The number of hydrogen-bond donors (Lipinski definition) is 4. The van der Waals surface area contributed by atoms with Gasteiger partial charge < -0.3 is 31.4 Å². The number of primary amides is 1. The smallest absolute Gasteiger partial charge is 0.268 e. The third-order valence-corrected chi connectivity index (χ3v) is 6.56. The zero-order valence-corrected chi connectivity index (χ0v) is 24.7. The van der Waals surface area contributed by atoms with Gasteiger partial charge in [-0.1, -0.05) is 0 Å². The molecule has 7 N–H and O–H groups in total. The van der Waals surface area contributed by atoms with Crippen molar-refractivity contribution in [2.75, 3.05) is 64.2 Å². The number of methoxy groups -OCH3 is 1. The SMILES string of the molecule is COc1c(OCCCN2CCOCC2)ccc2c(=O)n(CCN)c(NC(=O)c3cnc(N)nc3)nc12.NC(=O)c1cnccn1. The highest BCUT2D eigenvalue weighted by atomic mass is 16.5. The minimum atomic E-state index is -0.554. The lowest BCUT2D eigenvalue weighted by molar-refractivity contribution is 0.0357. The van der Waals surface area contributed by atoms with Crippen LogP contribution in [0.5, 0.6) is 11.5 Å². The van der Waals surface area contributed by atoms with Crippen LogP contribution in [-0.2, 0) is 11.3 Å². The molecule has 0 unspecified atom stereocenters. The maximum Gasteiger partial charge on any atom is 0.268 e. The van der Waals surface area contributed by atoms with Gasteiger partial charge in [-0.2, -0.15) is 0 Å². The fraction of sp³-hybridized carbons (Fsp3) is 0.357. The number of amides is 2. The van der Waals surface area contributed by atoms with E-state index in [4.69, 9.17) is 31.4 Å². The molecule has 1 fully saturated rings. The normalized spacial score (nSPS) is 13.0. The summed E-state index contributed by atoms with van der Waals surface area (Å²) < 4.78 is 18.2. The van der Waals surface area contributed by atoms with Crippen LogP contribution in [0.15, 0.2) is 47.9 Å². The summed E-state index contributed by atoms with van der Waals surface area (Å²) in [4.78, 5) is 58.2. The number of nitrogens with zero attached hydrogens (tertiary/aromatic N) is 7. The number of ether oxygens (including phenoxy) is 3. The first-order valence-electron chi connectivity index (χ1n) is 14.0. The number of nitrogens with two attached hydrogens (primary N) is 3. The van der Waals surface area contributed by atoms with Gasteiger partial charge in [0.1, 0.15) is 11.2 Å². The molecule has 0 atom stereocenters. The summed E-state index contributed by atoms with van der Waals surface area (Å²) in [7, 11) is 1.48. The number of carbonyl (C=O) groups excluding carboxylic acids is 2. The molecule has 1 aliphatic rings. The number of morpholine rings is 1. The standard InChI is InChI=1S/C23H30N8O5.C5H5N3O/c1-34-19-17(36-10-2-6-30-8-11-35-12-9-30)4-3-16-18(19)28-23(31(7-5-24)21(16)33)29-20(32)15-13-26-22(25)27-14-15;6-5(9)4-3-7-1-2-8-4/h3-4,13-14H,2,5-12,24H2,1H3,(H2,25,26,27)(H,28,29,32);1-3H,(H2,6,9). The topological polar surface area (TPSA) is 242 Å². The number of rotatable bonds is 11. The summed E-state index contributed by atoms with van der Waals surface area (Å²) in [5.74, 6) is -0.286. The molecule has 1 saturated heterocycles. The first kappa shape index (κ1) is 32.6. The van der Waals surface area contributed by atoms with Crippen molar-refractivity contribution < 1.29 is 23.8 Å². The highest BCUT2D eigenvalue weighted by Gasteiger charge is 2.20. The van der Waals surface area contributed by atoms with Crippen molar-refractivity contribution in [1.82, 2.24) is 34.4 Å². The van der Waals surface area contributed by atoms with E-state index in [2.05, 4.69) is 35.1 Å². The lowest BCUT2D eigenvalue weighted by Gasteiger charge is -2.26. The van der Waals surface area contributed by atoms with E-state index in [9.17, 15) is 14.4 Å². The number of carbonyl (C=O) groups is 2. The van der Waals surface area contributed by atoms with Gasteiger partial charge >= 0.3 is 0 Å². The van der Waals surface area contributed by atoms with Gasteiger partial charge in [-0.05, 0) is 18.6 Å². The first-order valence-corrected chi connectivity index (χ1v) is 14.0. The molecule has 1 aliphatic heterocycles. The summed E-state index contributed by atoms with van der Waals surface area (Å²) in [5.41, 5.74) is 16.3. The molecule has 17 heteroatoms. The molecule has 0 bridgehead atoms. The number of benzene rings is 1. The van der Waals surface area contributed by atoms with Crippen LogP contribution >= 0.6 is 0 Å². The minimum Gasteiger partial charge on any atom is -0.491 e. The van der Waals surface area contributed by atoms with E-state index >= 15 is 0 Å². The molecule has 3 aromatic heterocycles. The van der Waals surface area contributed by atoms with Crippen molar-refractivity contribution in [3.05, 3.63) is 64.7 Å².